The summed E-state index contributed by atoms with van der Waals surface area (Å²) in [5, 5.41) is 3.76. The maximum atomic E-state index is 12.3. The van der Waals surface area contributed by atoms with E-state index in [1.54, 1.807) is 0 Å². The third kappa shape index (κ3) is 3.36. The van der Waals surface area contributed by atoms with Crippen LogP contribution in [0.1, 0.15) is 23.2 Å². The molecule has 1 atom stereocenters. The molecule has 26 heavy (non-hydrogen) atoms. The fraction of sp³-hybridized carbons (Fsp3) is 0.250. The number of nitrogens with zero attached hydrogens (tertiary/aromatic N) is 2. The number of carbonyl (C=O) groups is 1. The average Bonchev–Trinajstić information content (AvgIpc) is 3.20. The van der Waals surface area contributed by atoms with E-state index in [0.717, 1.165) is 41.5 Å². The second kappa shape index (κ2) is 7.09. The third-order valence-corrected chi connectivity index (χ3v) is 4.66. The molecule has 1 saturated heterocycles. The van der Waals surface area contributed by atoms with Gasteiger partial charge in [0.05, 0.1) is 11.6 Å². The van der Waals surface area contributed by atoms with Crippen molar-refractivity contribution in [1.82, 2.24) is 15.3 Å². The Bertz CT molecular complexity index is 934. The highest BCUT2D eigenvalue weighted by Crippen LogP contribution is 2.26. The molecule has 1 aliphatic heterocycles. The molecule has 2 aromatic carbocycles. The van der Waals surface area contributed by atoms with Gasteiger partial charge >= 0.3 is 0 Å². The van der Waals surface area contributed by atoms with Gasteiger partial charge < -0.3 is 15.8 Å². The van der Waals surface area contributed by atoms with Gasteiger partial charge in [0.25, 0.3) is 5.91 Å². The van der Waals surface area contributed by atoms with Crippen molar-refractivity contribution >= 4 is 22.6 Å². The van der Waals surface area contributed by atoms with Crippen LogP contribution in [0.5, 0.6) is 0 Å². The van der Waals surface area contributed by atoms with Gasteiger partial charge in [-0.3, -0.25) is 4.79 Å². The zero-order valence-corrected chi connectivity index (χ0v) is 14.3. The van der Waals surface area contributed by atoms with Gasteiger partial charge in [-0.1, -0.05) is 18.2 Å². The number of anilines is 1. The van der Waals surface area contributed by atoms with Crippen molar-refractivity contribution < 1.29 is 9.53 Å². The predicted molar refractivity (Wildman–Crippen MR) is 101 cm³/mol. The van der Waals surface area contributed by atoms with Crippen LogP contribution >= 0.6 is 0 Å². The topological polar surface area (TPSA) is 90.1 Å². The number of carbonyl (C=O) groups excluding carboxylic acids is 1. The van der Waals surface area contributed by atoms with Crippen molar-refractivity contribution in [2.24, 2.45) is 0 Å². The Labute approximate surface area is 151 Å². The molecule has 1 amide bonds. The summed E-state index contributed by atoms with van der Waals surface area (Å²) < 4.78 is 5.53. The number of hydrogen-bond donors (Lipinski definition) is 2. The van der Waals surface area contributed by atoms with Crippen LogP contribution in [0.3, 0.4) is 0 Å². The van der Waals surface area contributed by atoms with Gasteiger partial charge in [0.1, 0.15) is 12.1 Å². The first-order valence-corrected chi connectivity index (χ1v) is 8.71. The number of fused-ring (bicyclic) bond motifs is 1. The molecular formula is C20H20N4O2. The standard InChI is InChI=1S/C20H20N4O2/c21-19-17-10-15(7-8-18(17)23-12-24-19)13-3-5-14(6-4-13)20(25)22-11-16-2-1-9-26-16/h3-8,10,12,16H,1-2,9,11H2,(H,22,25)(H2,21,23,24)/t16-/m0/s1. The van der Waals surface area contributed by atoms with E-state index in [-0.39, 0.29) is 12.0 Å². The smallest absolute Gasteiger partial charge is 0.251 e. The number of rotatable bonds is 4. The summed E-state index contributed by atoms with van der Waals surface area (Å²) in [4.78, 5) is 20.5. The van der Waals surface area contributed by atoms with Gasteiger partial charge in [0, 0.05) is 24.1 Å². The Morgan fingerprint density at radius 1 is 1.15 bits per heavy atom. The molecule has 0 radical (unpaired) electrons. The van der Waals surface area contributed by atoms with Crippen molar-refractivity contribution in [3.05, 3.63) is 54.4 Å². The highest BCUT2D eigenvalue weighted by atomic mass is 16.5. The van der Waals surface area contributed by atoms with Crippen LogP contribution in [0.25, 0.3) is 22.0 Å². The van der Waals surface area contributed by atoms with Crippen molar-refractivity contribution in [3.63, 3.8) is 0 Å². The lowest BCUT2D eigenvalue weighted by molar-refractivity contribution is 0.0858. The van der Waals surface area contributed by atoms with Crippen LogP contribution in [0.2, 0.25) is 0 Å². The van der Waals surface area contributed by atoms with E-state index in [1.165, 1.54) is 6.33 Å². The average molecular weight is 348 g/mol. The Morgan fingerprint density at radius 3 is 2.73 bits per heavy atom. The molecular weight excluding hydrogens is 328 g/mol. The van der Waals surface area contributed by atoms with Crippen LogP contribution in [-0.4, -0.2) is 35.1 Å². The van der Waals surface area contributed by atoms with Crippen LogP contribution in [0.15, 0.2) is 48.8 Å². The van der Waals surface area contributed by atoms with Gasteiger partial charge in [-0.15, -0.1) is 0 Å². The molecule has 0 saturated carbocycles. The molecule has 0 bridgehead atoms. The monoisotopic (exact) mass is 348 g/mol. The molecule has 1 aliphatic rings. The van der Waals surface area contributed by atoms with Crippen molar-refractivity contribution in [1.29, 1.82) is 0 Å². The Hall–Kier alpha value is -2.99. The normalized spacial score (nSPS) is 16.7. The molecule has 2 heterocycles. The largest absolute Gasteiger partial charge is 0.383 e. The van der Waals surface area contributed by atoms with Gasteiger partial charge in [-0.25, -0.2) is 9.97 Å². The second-order valence-electron chi connectivity index (χ2n) is 6.41. The quantitative estimate of drug-likeness (QED) is 0.757. The van der Waals surface area contributed by atoms with Crippen LogP contribution < -0.4 is 11.1 Å². The summed E-state index contributed by atoms with van der Waals surface area (Å²) in [6, 6.07) is 13.4. The lowest BCUT2D eigenvalue weighted by Gasteiger charge is -2.11. The number of nitrogens with two attached hydrogens (primary N) is 1. The van der Waals surface area contributed by atoms with Crippen molar-refractivity contribution in [3.8, 4) is 11.1 Å². The molecule has 1 fully saturated rings. The Kier molecular flexibility index (Phi) is 4.50. The molecule has 6 heteroatoms. The first-order valence-electron chi connectivity index (χ1n) is 8.71. The first-order chi connectivity index (χ1) is 12.7. The van der Waals surface area contributed by atoms with Crippen LogP contribution in [0.4, 0.5) is 5.82 Å². The molecule has 3 aromatic rings. The summed E-state index contributed by atoms with van der Waals surface area (Å²) >= 11 is 0. The van der Waals surface area contributed by atoms with E-state index in [9.17, 15) is 4.79 Å². The van der Waals surface area contributed by atoms with Gasteiger partial charge in [-0.2, -0.15) is 0 Å². The fourth-order valence-electron chi connectivity index (χ4n) is 3.18. The number of benzene rings is 2. The summed E-state index contributed by atoms with van der Waals surface area (Å²) in [5.41, 5.74) is 9.39. The van der Waals surface area contributed by atoms with E-state index < -0.39 is 0 Å². The number of amides is 1. The number of nitrogens with one attached hydrogen (secondary N) is 1. The number of hydrogen-bond acceptors (Lipinski definition) is 5. The van der Waals surface area contributed by atoms with E-state index in [2.05, 4.69) is 15.3 Å². The van der Waals surface area contributed by atoms with E-state index >= 15 is 0 Å². The Morgan fingerprint density at radius 2 is 1.96 bits per heavy atom. The molecule has 3 N–H and O–H groups in total. The highest BCUT2D eigenvalue weighted by molar-refractivity contribution is 5.95. The third-order valence-electron chi connectivity index (χ3n) is 4.66. The van der Waals surface area contributed by atoms with Gasteiger partial charge in [0.2, 0.25) is 0 Å². The van der Waals surface area contributed by atoms with E-state index in [0.29, 0.717) is 17.9 Å². The minimum atomic E-state index is -0.0804. The van der Waals surface area contributed by atoms with Gasteiger partial charge in [0.15, 0.2) is 0 Å². The lowest BCUT2D eigenvalue weighted by Crippen LogP contribution is -2.31. The molecule has 132 valence electrons. The second-order valence-corrected chi connectivity index (χ2v) is 6.41. The summed E-state index contributed by atoms with van der Waals surface area (Å²) in [6.45, 7) is 1.35. The van der Waals surface area contributed by atoms with E-state index in [1.807, 2.05) is 42.5 Å². The minimum absolute atomic E-state index is 0.0804. The molecule has 6 nitrogen and oxygen atoms in total. The predicted octanol–water partition coefficient (Wildman–Crippen LogP) is 2.79. The first kappa shape index (κ1) is 16.5. The van der Waals surface area contributed by atoms with Gasteiger partial charge in [-0.05, 0) is 48.2 Å². The van der Waals surface area contributed by atoms with Crippen LogP contribution in [0, 0.1) is 0 Å². The number of nitrogen functional groups attached to an aromatic ring is 1. The van der Waals surface area contributed by atoms with Crippen molar-refractivity contribution in [2.75, 3.05) is 18.9 Å². The molecule has 1 aromatic heterocycles. The lowest BCUT2D eigenvalue weighted by atomic mass is 10.0. The number of ether oxygens (including phenoxy) is 1. The maximum absolute atomic E-state index is 12.3. The zero-order valence-electron chi connectivity index (χ0n) is 14.3. The highest BCUT2D eigenvalue weighted by Gasteiger charge is 2.16. The van der Waals surface area contributed by atoms with Crippen LogP contribution in [-0.2, 0) is 4.74 Å². The fourth-order valence-corrected chi connectivity index (χ4v) is 3.18. The maximum Gasteiger partial charge on any atom is 0.251 e. The van der Waals surface area contributed by atoms with Crippen molar-refractivity contribution in [2.45, 2.75) is 18.9 Å². The zero-order chi connectivity index (χ0) is 17.9. The molecule has 0 spiro atoms. The molecule has 0 unspecified atom stereocenters. The summed E-state index contributed by atoms with van der Waals surface area (Å²) in [5.74, 6) is 0.380. The SMILES string of the molecule is Nc1ncnc2ccc(-c3ccc(C(=O)NC[C@@H]4CCCO4)cc3)cc12. The number of aromatic nitrogens is 2. The Balaban J connectivity index is 1.50. The summed E-state index contributed by atoms with van der Waals surface area (Å²) in [6.07, 6.45) is 3.68. The minimum Gasteiger partial charge on any atom is -0.383 e. The summed E-state index contributed by atoms with van der Waals surface area (Å²) in [7, 11) is 0. The van der Waals surface area contributed by atoms with E-state index in [4.69, 9.17) is 10.5 Å². The molecule has 0 aliphatic carbocycles. The molecule has 4 rings (SSSR count).